The Bertz CT molecular complexity index is 547. The summed E-state index contributed by atoms with van der Waals surface area (Å²) in [5.74, 6) is -0.688. The van der Waals surface area contributed by atoms with Gasteiger partial charge in [0.1, 0.15) is 12.7 Å². The van der Waals surface area contributed by atoms with Crippen LogP contribution in [0.15, 0.2) is 30.3 Å². The molecule has 1 aromatic rings. The van der Waals surface area contributed by atoms with Crippen LogP contribution in [-0.2, 0) is 20.8 Å². The van der Waals surface area contributed by atoms with E-state index < -0.39 is 24.0 Å². The van der Waals surface area contributed by atoms with Gasteiger partial charge in [-0.2, -0.15) is 0 Å². The van der Waals surface area contributed by atoms with Gasteiger partial charge in [0.05, 0.1) is 18.8 Å². The summed E-state index contributed by atoms with van der Waals surface area (Å²) >= 11 is 0. The van der Waals surface area contributed by atoms with E-state index in [0.29, 0.717) is 19.6 Å². The van der Waals surface area contributed by atoms with E-state index in [4.69, 9.17) is 14.2 Å². The second-order valence-corrected chi connectivity index (χ2v) is 6.45. The van der Waals surface area contributed by atoms with Crippen molar-refractivity contribution in [2.24, 2.45) is 0 Å². The van der Waals surface area contributed by atoms with E-state index in [-0.39, 0.29) is 12.7 Å². The third-order valence-electron chi connectivity index (χ3n) is 4.27. The summed E-state index contributed by atoms with van der Waals surface area (Å²) in [5, 5.41) is 10.2. The van der Waals surface area contributed by atoms with E-state index in [9.17, 15) is 9.90 Å². The van der Waals surface area contributed by atoms with Gasteiger partial charge in [0.2, 0.25) is 0 Å². The average molecular weight is 321 g/mol. The number of ether oxygens (including phenoxy) is 3. The van der Waals surface area contributed by atoms with Gasteiger partial charge >= 0.3 is 6.09 Å². The Morgan fingerprint density at radius 2 is 2.13 bits per heavy atom. The van der Waals surface area contributed by atoms with Crippen LogP contribution in [0.3, 0.4) is 0 Å². The molecule has 6 nitrogen and oxygen atoms in total. The van der Waals surface area contributed by atoms with Crippen molar-refractivity contribution in [3.63, 3.8) is 0 Å². The highest BCUT2D eigenvalue weighted by Crippen LogP contribution is 2.31. The summed E-state index contributed by atoms with van der Waals surface area (Å²) in [6, 6.07) is 9.09. The zero-order valence-corrected chi connectivity index (χ0v) is 13.5. The van der Waals surface area contributed by atoms with E-state index in [1.807, 2.05) is 44.2 Å². The first kappa shape index (κ1) is 16.2. The number of carbonyl (C=O) groups excluding carboxylic acids is 1. The molecule has 23 heavy (non-hydrogen) atoms. The molecule has 3 rings (SSSR count). The lowest BCUT2D eigenvalue weighted by molar-refractivity contribution is -0.148. The Morgan fingerprint density at radius 1 is 1.39 bits per heavy atom. The molecule has 0 radical (unpaired) electrons. The Morgan fingerprint density at radius 3 is 2.78 bits per heavy atom. The molecule has 1 aromatic carbocycles. The van der Waals surface area contributed by atoms with Crippen molar-refractivity contribution >= 4 is 6.09 Å². The molecule has 2 saturated heterocycles. The van der Waals surface area contributed by atoms with Crippen molar-refractivity contribution in [3.8, 4) is 0 Å². The molecule has 0 saturated carbocycles. The summed E-state index contributed by atoms with van der Waals surface area (Å²) in [4.78, 5) is 13.9. The lowest BCUT2D eigenvalue weighted by atomic mass is 10.1. The molecule has 6 heteroatoms. The fourth-order valence-electron chi connectivity index (χ4n) is 3.15. The highest BCUT2D eigenvalue weighted by Gasteiger charge is 2.47. The molecule has 2 aliphatic heterocycles. The highest BCUT2D eigenvalue weighted by molar-refractivity contribution is 5.68. The van der Waals surface area contributed by atoms with E-state index in [0.717, 1.165) is 5.56 Å². The number of rotatable bonds is 3. The van der Waals surface area contributed by atoms with Gasteiger partial charge in [-0.1, -0.05) is 30.3 Å². The largest absolute Gasteiger partial charge is 0.445 e. The summed E-state index contributed by atoms with van der Waals surface area (Å²) in [7, 11) is 0. The van der Waals surface area contributed by atoms with Crippen LogP contribution in [0.25, 0.3) is 0 Å². The van der Waals surface area contributed by atoms with Gasteiger partial charge in [-0.3, -0.25) is 4.90 Å². The van der Waals surface area contributed by atoms with Gasteiger partial charge in [-0.05, 0) is 25.8 Å². The summed E-state index contributed by atoms with van der Waals surface area (Å²) in [6.07, 6.45) is -0.872. The number of aliphatic hydroxyl groups excluding tert-OH is 1. The van der Waals surface area contributed by atoms with Crippen LogP contribution in [-0.4, -0.2) is 53.3 Å². The SMILES string of the molecule is CC1(C)OC[C@@H]([C@@H]2[C@H](O)CCN2C(=O)OCc2ccccc2)O1. The Labute approximate surface area is 135 Å². The molecule has 2 aliphatic rings. The fraction of sp³-hybridized carbons (Fsp3) is 0.588. The lowest BCUT2D eigenvalue weighted by Gasteiger charge is -2.30. The summed E-state index contributed by atoms with van der Waals surface area (Å²) in [6.45, 7) is 4.68. The van der Waals surface area contributed by atoms with Crippen molar-refractivity contribution in [3.05, 3.63) is 35.9 Å². The summed E-state index contributed by atoms with van der Waals surface area (Å²) in [5.41, 5.74) is 0.929. The van der Waals surface area contributed by atoms with Gasteiger partial charge in [0.25, 0.3) is 0 Å². The minimum atomic E-state index is -0.688. The normalized spacial score (nSPS) is 29.7. The first-order valence-corrected chi connectivity index (χ1v) is 7.93. The molecule has 126 valence electrons. The van der Waals surface area contributed by atoms with Crippen LogP contribution in [0, 0.1) is 0 Å². The molecule has 0 aliphatic carbocycles. The summed E-state index contributed by atoms with van der Waals surface area (Å²) < 4.78 is 16.8. The molecule has 0 spiro atoms. The number of aliphatic hydroxyl groups is 1. The monoisotopic (exact) mass is 321 g/mol. The molecule has 1 N–H and O–H groups in total. The van der Waals surface area contributed by atoms with Crippen LogP contribution in [0.1, 0.15) is 25.8 Å². The maximum atomic E-state index is 12.4. The second-order valence-electron chi connectivity index (χ2n) is 6.45. The first-order chi connectivity index (χ1) is 11.0. The maximum absolute atomic E-state index is 12.4. The topological polar surface area (TPSA) is 68.2 Å². The average Bonchev–Trinajstić information content (AvgIpc) is 3.08. The molecule has 0 bridgehead atoms. The third kappa shape index (κ3) is 3.65. The van der Waals surface area contributed by atoms with E-state index in [2.05, 4.69) is 0 Å². The number of amides is 1. The van der Waals surface area contributed by atoms with Gasteiger partial charge in [-0.25, -0.2) is 4.79 Å². The van der Waals surface area contributed by atoms with E-state index >= 15 is 0 Å². The molecule has 0 unspecified atom stereocenters. The number of likely N-dealkylation sites (tertiary alicyclic amines) is 1. The molecule has 2 fully saturated rings. The van der Waals surface area contributed by atoms with Crippen LogP contribution in [0.4, 0.5) is 4.79 Å². The van der Waals surface area contributed by atoms with Crippen molar-refractivity contribution in [2.45, 2.75) is 50.9 Å². The Balaban J connectivity index is 1.62. The fourth-order valence-corrected chi connectivity index (χ4v) is 3.15. The quantitative estimate of drug-likeness (QED) is 0.921. The molecular formula is C17H23NO5. The number of hydrogen-bond acceptors (Lipinski definition) is 5. The molecule has 1 amide bonds. The Kier molecular flexibility index (Phi) is 4.57. The maximum Gasteiger partial charge on any atom is 0.410 e. The van der Waals surface area contributed by atoms with Crippen LogP contribution < -0.4 is 0 Å². The third-order valence-corrected chi connectivity index (χ3v) is 4.27. The molecule has 0 aromatic heterocycles. The van der Waals surface area contributed by atoms with Gasteiger partial charge in [0.15, 0.2) is 5.79 Å². The lowest BCUT2D eigenvalue weighted by Crippen LogP contribution is -2.49. The zero-order valence-electron chi connectivity index (χ0n) is 13.5. The van der Waals surface area contributed by atoms with Gasteiger partial charge in [-0.15, -0.1) is 0 Å². The predicted octanol–water partition coefficient (Wildman–Crippen LogP) is 1.91. The molecule has 2 heterocycles. The number of benzene rings is 1. The molecular weight excluding hydrogens is 298 g/mol. The second kappa shape index (κ2) is 6.47. The highest BCUT2D eigenvalue weighted by atomic mass is 16.7. The smallest absolute Gasteiger partial charge is 0.410 e. The minimum absolute atomic E-state index is 0.215. The predicted molar refractivity (Wildman–Crippen MR) is 82.6 cm³/mol. The number of hydrogen-bond donors (Lipinski definition) is 1. The van der Waals surface area contributed by atoms with Gasteiger partial charge in [0, 0.05) is 6.54 Å². The number of carbonyl (C=O) groups is 1. The van der Waals surface area contributed by atoms with E-state index in [1.165, 1.54) is 0 Å². The van der Waals surface area contributed by atoms with Crippen LogP contribution in [0.2, 0.25) is 0 Å². The standard InChI is InChI=1S/C17H23NO5/c1-17(2)22-11-14(23-17)15-13(19)8-9-18(15)16(20)21-10-12-6-4-3-5-7-12/h3-7,13-15,19H,8-11H2,1-2H3/t13-,14+,15+/m1/s1. The van der Waals surface area contributed by atoms with E-state index in [1.54, 1.807) is 4.90 Å². The van der Waals surface area contributed by atoms with Crippen molar-refractivity contribution in [1.82, 2.24) is 4.90 Å². The van der Waals surface area contributed by atoms with Crippen LogP contribution >= 0.6 is 0 Å². The zero-order chi connectivity index (χ0) is 16.4. The van der Waals surface area contributed by atoms with Crippen molar-refractivity contribution < 1.29 is 24.1 Å². The van der Waals surface area contributed by atoms with Gasteiger partial charge < -0.3 is 19.3 Å². The van der Waals surface area contributed by atoms with Crippen molar-refractivity contribution in [2.75, 3.05) is 13.2 Å². The Hall–Kier alpha value is -1.63. The number of nitrogens with zero attached hydrogens (tertiary/aromatic N) is 1. The van der Waals surface area contributed by atoms with Crippen molar-refractivity contribution in [1.29, 1.82) is 0 Å². The van der Waals surface area contributed by atoms with Crippen LogP contribution in [0.5, 0.6) is 0 Å². The minimum Gasteiger partial charge on any atom is -0.445 e. The first-order valence-electron chi connectivity index (χ1n) is 7.93. The molecule has 3 atom stereocenters.